The van der Waals surface area contributed by atoms with Gasteiger partial charge in [0.2, 0.25) is 0 Å². The Bertz CT molecular complexity index is 280. The van der Waals surface area contributed by atoms with Gasteiger partial charge in [-0.15, -0.1) is 0 Å². The summed E-state index contributed by atoms with van der Waals surface area (Å²) in [5.41, 5.74) is 1.40. The van der Waals surface area contributed by atoms with Gasteiger partial charge in [0.05, 0.1) is 0 Å². The molecule has 84 valence electrons. The highest BCUT2D eigenvalue weighted by Gasteiger charge is 2.08. The van der Waals surface area contributed by atoms with E-state index in [9.17, 15) is 0 Å². The molecule has 0 heterocycles. The molecule has 1 unspecified atom stereocenters. The van der Waals surface area contributed by atoms with Crippen molar-refractivity contribution in [2.45, 2.75) is 39.2 Å². The number of halogens is 1. The average molecular weight is 270 g/mol. The maximum Gasteiger partial charge on any atom is 0.0207 e. The first kappa shape index (κ1) is 12.7. The van der Waals surface area contributed by atoms with Crippen molar-refractivity contribution in [3.63, 3.8) is 0 Å². The third kappa shape index (κ3) is 4.35. The maximum absolute atomic E-state index is 3.60. The van der Waals surface area contributed by atoms with Gasteiger partial charge in [-0.05, 0) is 31.0 Å². The second-order valence-corrected chi connectivity index (χ2v) is 4.69. The zero-order chi connectivity index (χ0) is 11.1. The molecule has 0 aromatic heterocycles. The standard InChI is InChI=1S/C13H20BrN/c1-3-7-12(15-4-2)10-11-8-5-6-9-13(11)14/h5-6,8-9,12,15H,3-4,7,10H2,1-2H3. The summed E-state index contributed by atoms with van der Waals surface area (Å²) in [6.45, 7) is 5.46. The third-order valence-electron chi connectivity index (χ3n) is 2.55. The SMILES string of the molecule is CCCC(Cc1ccccc1Br)NCC. The molecule has 1 aromatic rings. The zero-order valence-electron chi connectivity index (χ0n) is 9.59. The fourth-order valence-electron chi connectivity index (χ4n) is 1.84. The van der Waals surface area contributed by atoms with E-state index in [2.05, 4.69) is 59.4 Å². The van der Waals surface area contributed by atoms with E-state index in [1.54, 1.807) is 0 Å². The largest absolute Gasteiger partial charge is 0.314 e. The summed E-state index contributed by atoms with van der Waals surface area (Å²) in [6.07, 6.45) is 3.60. The Labute approximate surface area is 101 Å². The van der Waals surface area contributed by atoms with Crippen molar-refractivity contribution in [3.8, 4) is 0 Å². The Morgan fingerprint density at radius 2 is 2.00 bits per heavy atom. The van der Waals surface area contributed by atoms with Crippen LogP contribution in [0, 0.1) is 0 Å². The quantitative estimate of drug-likeness (QED) is 0.829. The number of rotatable bonds is 6. The van der Waals surface area contributed by atoms with Crippen molar-refractivity contribution in [3.05, 3.63) is 34.3 Å². The van der Waals surface area contributed by atoms with E-state index in [0.29, 0.717) is 6.04 Å². The molecule has 0 saturated heterocycles. The minimum atomic E-state index is 0.610. The van der Waals surface area contributed by atoms with Gasteiger partial charge in [0.15, 0.2) is 0 Å². The molecule has 0 saturated carbocycles. The van der Waals surface area contributed by atoms with E-state index >= 15 is 0 Å². The summed E-state index contributed by atoms with van der Waals surface area (Å²) in [7, 11) is 0. The van der Waals surface area contributed by atoms with Crippen LogP contribution in [0.3, 0.4) is 0 Å². The molecule has 0 aliphatic heterocycles. The fourth-order valence-corrected chi connectivity index (χ4v) is 2.29. The van der Waals surface area contributed by atoms with Crippen LogP contribution in [0.1, 0.15) is 32.3 Å². The van der Waals surface area contributed by atoms with Crippen molar-refractivity contribution >= 4 is 15.9 Å². The van der Waals surface area contributed by atoms with Crippen LogP contribution < -0.4 is 5.32 Å². The molecule has 1 N–H and O–H groups in total. The number of nitrogens with one attached hydrogen (secondary N) is 1. The molecule has 1 nitrogen and oxygen atoms in total. The highest BCUT2D eigenvalue weighted by Crippen LogP contribution is 2.18. The molecule has 0 fully saturated rings. The van der Waals surface area contributed by atoms with E-state index in [4.69, 9.17) is 0 Å². The van der Waals surface area contributed by atoms with Crippen molar-refractivity contribution in [2.24, 2.45) is 0 Å². The molecular formula is C13H20BrN. The Balaban J connectivity index is 2.60. The van der Waals surface area contributed by atoms with Crippen LogP contribution >= 0.6 is 15.9 Å². The highest BCUT2D eigenvalue weighted by molar-refractivity contribution is 9.10. The first-order valence-electron chi connectivity index (χ1n) is 5.74. The summed E-state index contributed by atoms with van der Waals surface area (Å²) in [5, 5.41) is 3.54. The molecule has 0 aliphatic rings. The average Bonchev–Trinajstić information content (AvgIpc) is 2.22. The van der Waals surface area contributed by atoms with Crippen molar-refractivity contribution in [2.75, 3.05) is 6.54 Å². The molecule has 0 aliphatic carbocycles. The summed E-state index contributed by atoms with van der Waals surface area (Å²) < 4.78 is 1.23. The molecule has 15 heavy (non-hydrogen) atoms. The van der Waals surface area contributed by atoms with Gasteiger partial charge < -0.3 is 5.32 Å². The molecule has 1 rings (SSSR count). The molecule has 1 atom stereocenters. The first-order chi connectivity index (χ1) is 7.27. The second kappa shape index (κ2) is 7.02. The Morgan fingerprint density at radius 1 is 1.27 bits per heavy atom. The van der Waals surface area contributed by atoms with Gasteiger partial charge >= 0.3 is 0 Å². The Hall–Kier alpha value is -0.340. The third-order valence-corrected chi connectivity index (χ3v) is 3.33. The molecule has 2 heteroatoms. The monoisotopic (exact) mass is 269 g/mol. The van der Waals surface area contributed by atoms with Crippen LogP contribution in [-0.4, -0.2) is 12.6 Å². The zero-order valence-corrected chi connectivity index (χ0v) is 11.2. The predicted octanol–water partition coefficient (Wildman–Crippen LogP) is 3.77. The number of benzene rings is 1. The number of hydrogen-bond acceptors (Lipinski definition) is 1. The molecule has 0 radical (unpaired) electrons. The van der Waals surface area contributed by atoms with Crippen LogP contribution in [-0.2, 0) is 6.42 Å². The van der Waals surface area contributed by atoms with Gasteiger partial charge in [-0.25, -0.2) is 0 Å². The summed E-state index contributed by atoms with van der Waals surface area (Å²) in [6, 6.07) is 9.10. The highest BCUT2D eigenvalue weighted by atomic mass is 79.9. The molecule has 1 aromatic carbocycles. The van der Waals surface area contributed by atoms with E-state index in [1.165, 1.54) is 22.9 Å². The van der Waals surface area contributed by atoms with Crippen molar-refractivity contribution in [1.82, 2.24) is 5.32 Å². The van der Waals surface area contributed by atoms with Gasteiger partial charge in [-0.2, -0.15) is 0 Å². The van der Waals surface area contributed by atoms with Gasteiger partial charge in [0, 0.05) is 10.5 Å². The van der Waals surface area contributed by atoms with Crippen molar-refractivity contribution < 1.29 is 0 Å². The van der Waals surface area contributed by atoms with Gasteiger partial charge in [-0.3, -0.25) is 0 Å². The smallest absolute Gasteiger partial charge is 0.0207 e. The number of hydrogen-bond donors (Lipinski definition) is 1. The van der Waals surface area contributed by atoms with E-state index in [0.717, 1.165) is 13.0 Å². The summed E-state index contributed by atoms with van der Waals surface area (Å²) in [4.78, 5) is 0. The summed E-state index contributed by atoms with van der Waals surface area (Å²) in [5.74, 6) is 0. The topological polar surface area (TPSA) is 12.0 Å². The van der Waals surface area contributed by atoms with Crippen LogP contribution in [0.2, 0.25) is 0 Å². The minimum Gasteiger partial charge on any atom is -0.314 e. The fraction of sp³-hybridized carbons (Fsp3) is 0.538. The van der Waals surface area contributed by atoms with E-state index < -0.39 is 0 Å². The normalized spacial score (nSPS) is 12.7. The van der Waals surface area contributed by atoms with E-state index in [1.807, 2.05) is 0 Å². The lowest BCUT2D eigenvalue weighted by Crippen LogP contribution is -2.30. The lowest BCUT2D eigenvalue weighted by atomic mass is 10.0. The predicted molar refractivity (Wildman–Crippen MR) is 70.2 cm³/mol. The Morgan fingerprint density at radius 3 is 2.60 bits per heavy atom. The maximum atomic E-state index is 3.60. The number of likely N-dealkylation sites (N-methyl/N-ethyl adjacent to an activating group) is 1. The van der Waals surface area contributed by atoms with Crippen LogP contribution in [0.4, 0.5) is 0 Å². The molecular weight excluding hydrogens is 250 g/mol. The summed E-state index contributed by atoms with van der Waals surface area (Å²) >= 11 is 3.60. The minimum absolute atomic E-state index is 0.610. The Kier molecular flexibility index (Phi) is 5.96. The lowest BCUT2D eigenvalue weighted by molar-refractivity contribution is 0.485. The van der Waals surface area contributed by atoms with Crippen LogP contribution in [0.5, 0.6) is 0 Å². The van der Waals surface area contributed by atoms with Crippen LogP contribution in [0.25, 0.3) is 0 Å². The van der Waals surface area contributed by atoms with Crippen LogP contribution in [0.15, 0.2) is 28.7 Å². The van der Waals surface area contributed by atoms with Gasteiger partial charge in [-0.1, -0.05) is 54.4 Å². The first-order valence-corrected chi connectivity index (χ1v) is 6.54. The molecule has 0 spiro atoms. The molecule has 0 bridgehead atoms. The van der Waals surface area contributed by atoms with Gasteiger partial charge in [0.25, 0.3) is 0 Å². The van der Waals surface area contributed by atoms with E-state index in [-0.39, 0.29) is 0 Å². The molecule has 0 amide bonds. The second-order valence-electron chi connectivity index (χ2n) is 3.84. The van der Waals surface area contributed by atoms with Crippen molar-refractivity contribution in [1.29, 1.82) is 0 Å². The van der Waals surface area contributed by atoms with Gasteiger partial charge in [0.1, 0.15) is 0 Å². The lowest BCUT2D eigenvalue weighted by Gasteiger charge is -2.17.